The molecule has 156 valence electrons. The van der Waals surface area contributed by atoms with Crippen LogP contribution in [0.1, 0.15) is 47.8 Å². The predicted molar refractivity (Wildman–Crippen MR) is 112 cm³/mol. The molecule has 1 aliphatic heterocycles. The molecular weight excluding hydrogens is 392 g/mol. The van der Waals surface area contributed by atoms with E-state index in [1.807, 2.05) is 32.0 Å². The summed E-state index contributed by atoms with van der Waals surface area (Å²) in [4.78, 5) is 13.1. The Morgan fingerprint density at radius 2 is 1.97 bits per heavy atom. The highest BCUT2D eigenvalue weighted by Gasteiger charge is 2.35. The molecule has 2 aromatic carbocycles. The number of anilines is 1. The predicted octanol–water partition coefficient (Wildman–Crippen LogP) is 3.41. The van der Waals surface area contributed by atoms with Gasteiger partial charge in [0.25, 0.3) is 5.91 Å². The molecule has 0 fully saturated rings. The van der Waals surface area contributed by atoms with Crippen LogP contribution >= 0.6 is 0 Å². The van der Waals surface area contributed by atoms with Crippen LogP contribution in [-0.2, 0) is 10.0 Å². The summed E-state index contributed by atoms with van der Waals surface area (Å²) >= 11 is 0. The van der Waals surface area contributed by atoms with E-state index in [1.54, 1.807) is 32.2 Å². The first-order chi connectivity index (χ1) is 13.5. The van der Waals surface area contributed by atoms with Crippen LogP contribution in [-0.4, -0.2) is 33.3 Å². The Labute approximate surface area is 171 Å². The summed E-state index contributed by atoms with van der Waals surface area (Å²) in [6.07, 6.45) is 1.66. The summed E-state index contributed by atoms with van der Waals surface area (Å²) in [5, 5.41) is 3.08. The van der Waals surface area contributed by atoms with Gasteiger partial charge in [0.2, 0.25) is 10.0 Å². The molecule has 0 saturated heterocycles. The van der Waals surface area contributed by atoms with E-state index >= 15 is 0 Å². The van der Waals surface area contributed by atoms with Gasteiger partial charge in [0, 0.05) is 17.5 Å². The van der Waals surface area contributed by atoms with Gasteiger partial charge in [-0.3, -0.25) is 9.52 Å². The number of sulfonamides is 1. The third kappa shape index (κ3) is 4.82. The van der Waals surface area contributed by atoms with Gasteiger partial charge in [0.1, 0.15) is 17.1 Å². The fourth-order valence-electron chi connectivity index (χ4n) is 3.52. The minimum atomic E-state index is -3.44. The van der Waals surface area contributed by atoms with Crippen LogP contribution in [0.3, 0.4) is 0 Å². The second kappa shape index (κ2) is 7.59. The third-order valence-electron chi connectivity index (χ3n) is 4.85. The Hall–Kier alpha value is -2.74. The number of carbonyl (C=O) groups is 1. The summed E-state index contributed by atoms with van der Waals surface area (Å²) in [5.74, 6) is 1.11. The van der Waals surface area contributed by atoms with E-state index in [-0.39, 0.29) is 11.9 Å². The maximum Gasteiger partial charge on any atom is 0.252 e. The summed E-state index contributed by atoms with van der Waals surface area (Å²) in [5.41, 5.74) is 1.75. The summed E-state index contributed by atoms with van der Waals surface area (Å²) in [7, 11) is -1.85. The second-order valence-corrected chi connectivity index (χ2v) is 9.60. The fourth-order valence-corrected chi connectivity index (χ4v) is 4.14. The van der Waals surface area contributed by atoms with Gasteiger partial charge < -0.3 is 14.8 Å². The van der Waals surface area contributed by atoms with Crippen molar-refractivity contribution in [3.05, 3.63) is 53.1 Å². The SMILES string of the molecule is COc1ccc2c(c1)[C@H](NC(=O)c1cccc(NS(C)(=O)=O)c1C)CC(C)(C)O2. The molecule has 1 amide bonds. The Morgan fingerprint density at radius 3 is 2.62 bits per heavy atom. The zero-order chi connectivity index (χ0) is 21.4. The number of fused-ring (bicyclic) bond motifs is 1. The van der Waals surface area contributed by atoms with Crippen LogP contribution in [0.2, 0.25) is 0 Å². The van der Waals surface area contributed by atoms with Crippen LogP contribution < -0.4 is 19.5 Å². The number of amides is 1. The topological polar surface area (TPSA) is 93.7 Å². The number of ether oxygens (including phenoxy) is 2. The molecule has 0 aromatic heterocycles. The van der Waals surface area contributed by atoms with Crippen LogP contribution in [0.4, 0.5) is 5.69 Å². The molecule has 29 heavy (non-hydrogen) atoms. The standard InChI is InChI=1S/C21H26N2O5S/c1-13-15(7-6-8-17(13)23-29(5,25)26)20(24)22-18-12-21(2,3)28-19-10-9-14(27-4)11-16(18)19/h6-11,18,23H,12H2,1-5H3,(H,22,24)/t18-/m1/s1. The van der Waals surface area contributed by atoms with Crippen molar-refractivity contribution in [3.63, 3.8) is 0 Å². The van der Waals surface area contributed by atoms with Gasteiger partial charge in [-0.15, -0.1) is 0 Å². The average molecular weight is 419 g/mol. The summed E-state index contributed by atoms with van der Waals surface area (Å²) in [6.45, 7) is 5.66. The lowest BCUT2D eigenvalue weighted by atomic mass is 9.89. The molecule has 1 heterocycles. The number of carbonyl (C=O) groups excluding carboxylic acids is 1. The fraction of sp³-hybridized carbons (Fsp3) is 0.381. The lowest BCUT2D eigenvalue weighted by Crippen LogP contribution is -2.41. The van der Waals surface area contributed by atoms with Crippen molar-refractivity contribution in [2.45, 2.75) is 38.8 Å². The van der Waals surface area contributed by atoms with Crippen molar-refractivity contribution < 1.29 is 22.7 Å². The summed E-state index contributed by atoms with van der Waals surface area (Å²) in [6, 6.07) is 10.2. The van der Waals surface area contributed by atoms with Crippen molar-refractivity contribution in [1.82, 2.24) is 5.32 Å². The molecular formula is C21H26N2O5S. The van der Waals surface area contributed by atoms with Crippen molar-refractivity contribution in [3.8, 4) is 11.5 Å². The van der Waals surface area contributed by atoms with E-state index in [2.05, 4.69) is 10.0 Å². The Balaban J connectivity index is 1.92. The molecule has 0 saturated carbocycles. The van der Waals surface area contributed by atoms with Gasteiger partial charge in [-0.25, -0.2) is 8.42 Å². The maximum absolute atomic E-state index is 13.1. The number of benzene rings is 2. The Kier molecular flexibility index (Phi) is 5.49. The smallest absolute Gasteiger partial charge is 0.252 e. The average Bonchev–Trinajstić information content (AvgIpc) is 2.61. The van der Waals surface area contributed by atoms with Crippen molar-refractivity contribution in [2.75, 3.05) is 18.1 Å². The molecule has 8 heteroatoms. The molecule has 0 radical (unpaired) electrons. The highest BCUT2D eigenvalue weighted by atomic mass is 32.2. The lowest BCUT2D eigenvalue weighted by molar-refractivity contribution is 0.0618. The zero-order valence-electron chi connectivity index (χ0n) is 17.2. The van der Waals surface area contributed by atoms with E-state index in [4.69, 9.17) is 9.47 Å². The minimum Gasteiger partial charge on any atom is -0.497 e. The third-order valence-corrected chi connectivity index (χ3v) is 5.44. The second-order valence-electron chi connectivity index (χ2n) is 7.85. The highest BCUT2D eigenvalue weighted by Crippen LogP contribution is 2.41. The molecule has 7 nitrogen and oxygen atoms in total. The molecule has 0 unspecified atom stereocenters. The normalized spacial score (nSPS) is 17.6. The first-order valence-corrected chi connectivity index (χ1v) is 11.1. The zero-order valence-corrected chi connectivity index (χ0v) is 18.0. The maximum atomic E-state index is 13.1. The molecule has 2 aromatic rings. The van der Waals surface area contributed by atoms with Crippen molar-refractivity contribution in [1.29, 1.82) is 0 Å². The van der Waals surface area contributed by atoms with Gasteiger partial charge in [0.15, 0.2) is 0 Å². The van der Waals surface area contributed by atoms with E-state index in [9.17, 15) is 13.2 Å². The quantitative estimate of drug-likeness (QED) is 0.776. The molecule has 0 spiro atoms. The van der Waals surface area contributed by atoms with Crippen LogP contribution in [0.25, 0.3) is 0 Å². The lowest BCUT2D eigenvalue weighted by Gasteiger charge is -2.38. The largest absolute Gasteiger partial charge is 0.497 e. The molecule has 0 bridgehead atoms. The van der Waals surface area contributed by atoms with E-state index in [1.165, 1.54) is 0 Å². The molecule has 1 atom stereocenters. The Bertz CT molecular complexity index is 1050. The number of nitrogens with one attached hydrogen (secondary N) is 2. The van der Waals surface area contributed by atoms with Gasteiger partial charge in [0.05, 0.1) is 25.1 Å². The first-order valence-electron chi connectivity index (χ1n) is 9.24. The number of hydrogen-bond donors (Lipinski definition) is 2. The molecule has 0 aliphatic carbocycles. The van der Waals surface area contributed by atoms with Gasteiger partial charge in [-0.05, 0) is 56.7 Å². The van der Waals surface area contributed by atoms with E-state index in [0.29, 0.717) is 34.7 Å². The molecule has 3 rings (SSSR count). The van der Waals surface area contributed by atoms with Crippen molar-refractivity contribution in [2.24, 2.45) is 0 Å². The monoisotopic (exact) mass is 418 g/mol. The summed E-state index contributed by atoms with van der Waals surface area (Å²) < 4.78 is 37.0. The van der Waals surface area contributed by atoms with Gasteiger partial charge >= 0.3 is 0 Å². The van der Waals surface area contributed by atoms with E-state index in [0.717, 1.165) is 11.8 Å². The molecule has 2 N–H and O–H groups in total. The number of rotatable bonds is 5. The molecule has 1 aliphatic rings. The van der Waals surface area contributed by atoms with Crippen LogP contribution in [0.5, 0.6) is 11.5 Å². The van der Waals surface area contributed by atoms with Crippen molar-refractivity contribution >= 4 is 21.6 Å². The Morgan fingerprint density at radius 1 is 1.24 bits per heavy atom. The highest BCUT2D eigenvalue weighted by molar-refractivity contribution is 7.92. The number of hydrogen-bond acceptors (Lipinski definition) is 5. The first kappa shape index (κ1) is 21.0. The van der Waals surface area contributed by atoms with Crippen LogP contribution in [0.15, 0.2) is 36.4 Å². The number of methoxy groups -OCH3 is 1. The van der Waals surface area contributed by atoms with Crippen LogP contribution in [0, 0.1) is 6.92 Å². The van der Waals surface area contributed by atoms with Gasteiger partial charge in [-0.1, -0.05) is 6.07 Å². The van der Waals surface area contributed by atoms with E-state index < -0.39 is 15.6 Å². The minimum absolute atomic E-state index is 0.276. The van der Waals surface area contributed by atoms with Gasteiger partial charge in [-0.2, -0.15) is 0 Å².